The quantitative estimate of drug-likeness (QED) is 0.464. The minimum atomic E-state index is -0.115. The molecule has 1 rings (SSSR count). The van der Waals surface area contributed by atoms with Gasteiger partial charge < -0.3 is 21.4 Å². The fourth-order valence-corrected chi connectivity index (χ4v) is 0.748. The summed E-state index contributed by atoms with van der Waals surface area (Å²) in [6, 6.07) is 6.31. The van der Waals surface area contributed by atoms with Gasteiger partial charge >= 0.3 is 37.7 Å². The second-order valence-corrected chi connectivity index (χ2v) is 2.23. The summed E-state index contributed by atoms with van der Waals surface area (Å²) in [5.41, 5.74) is 0.690. The van der Waals surface area contributed by atoms with Crippen molar-refractivity contribution in [2.75, 3.05) is 5.32 Å². The predicted molar refractivity (Wildman–Crippen MR) is 58.2 cm³/mol. The van der Waals surface area contributed by atoms with Crippen LogP contribution in [0, 0.1) is 0 Å². The number of benzene rings is 1. The number of hydrogen-bond donors (Lipinski definition) is 2. The fraction of sp³-hybridized carbons (Fsp3) is 0.125. The molecule has 6 heteroatoms. The molecule has 0 atom stereocenters. The molecule has 0 saturated heterocycles. The molecule has 1 amide bonds. The Kier molecular flexibility index (Phi) is 12.7. The number of nitrogens with one attached hydrogen (secondary N) is 1. The van der Waals surface area contributed by atoms with E-state index in [1.807, 2.05) is 0 Å². The van der Waals surface area contributed by atoms with E-state index in [9.17, 15) is 4.79 Å². The monoisotopic (exact) mass is 229 g/mol. The predicted octanol–water partition coefficient (Wildman–Crippen LogP) is -1.22. The molecule has 14 heavy (non-hydrogen) atoms. The summed E-state index contributed by atoms with van der Waals surface area (Å²) >= 11 is 0. The van der Waals surface area contributed by atoms with Gasteiger partial charge in [-0.25, -0.2) is 0 Å². The van der Waals surface area contributed by atoms with Gasteiger partial charge in [0.25, 0.3) is 0 Å². The molecule has 0 unspecified atom stereocenters. The molecular formula is C8H15CaNO4. The first-order valence-electron chi connectivity index (χ1n) is 3.25. The first-order chi connectivity index (χ1) is 5.18. The van der Waals surface area contributed by atoms with Crippen LogP contribution in [-0.2, 0) is 4.79 Å². The van der Waals surface area contributed by atoms with E-state index >= 15 is 0 Å². The van der Waals surface area contributed by atoms with Crippen LogP contribution >= 0.6 is 0 Å². The maximum atomic E-state index is 10.5. The van der Waals surface area contributed by atoms with E-state index in [1.54, 1.807) is 12.1 Å². The molecule has 0 aromatic heterocycles. The number of rotatable bonds is 1. The Hall–Kier alpha value is -0.330. The molecule has 0 aliphatic rings. The van der Waals surface area contributed by atoms with Crippen LogP contribution in [0.2, 0.25) is 0 Å². The van der Waals surface area contributed by atoms with Gasteiger partial charge in [0.2, 0.25) is 5.91 Å². The second-order valence-electron chi connectivity index (χ2n) is 2.23. The van der Waals surface area contributed by atoms with Crippen molar-refractivity contribution in [1.82, 2.24) is 0 Å². The molecule has 0 aliphatic carbocycles. The summed E-state index contributed by atoms with van der Waals surface area (Å²) in [6.07, 6.45) is 0. The number of phenols is 1. The SMILES string of the molecule is CC(=O)Nc1ccc(O)cc1.O.O.[CaH2]. The Balaban J connectivity index is -0.000000403. The summed E-state index contributed by atoms with van der Waals surface area (Å²) in [4.78, 5) is 10.5. The standard InChI is InChI=1S/C8H9NO2.Ca.2H2O.2H/c1-6(10)9-7-2-4-8(11)5-3-7;;;;;/h2-5,11H,1H3,(H,9,10);;2*1H2;;. The Morgan fingerprint density at radius 3 is 2.00 bits per heavy atom. The van der Waals surface area contributed by atoms with E-state index in [4.69, 9.17) is 5.11 Å². The van der Waals surface area contributed by atoms with Crippen LogP contribution in [0.4, 0.5) is 5.69 Å². The van der Waals surface area contributed by atoms with Gasteiger partial charge in [0.1, 0.15) is 5.75 Å². The summed E-state index contributed by atoms with van der Waals surface area (Å²) in [5, 5.41) is 11.5. The number of carbonyl (C=O) groups is 1. The fourth-order valence-electron chi connectivity index (χ4n) is 0.748. The molecule has 78 valence electrons. The van der Waals surface area contributed by atoms with Gasteiger partial charge in [-0.2, -0.15) is 0 Å². The molecule has 0 radical (unpaired) electrons. The average Bonchev–Trinajstić information content (AvgIpc) is 1.93. The van der Waals surface area contributed by atoms with Gasteiger partial charge in [-0.1, -0.05) is 0 Å². The van der Waals surface area contributed by atoms with Crippen LogP contribution in [0.25, 0.3) is 0 Å². The first-order valence-corrected chi connectivity index (χ1v) is 3.25. The van der Waals surface area contributed by atoms with E-state index in [1.165, 1.54) is 19.1 Å². The molecule has 1 aromatic rings. The molecule has 0 aliphatic heterocycles. The number of hydrogen-bond acceptors (Lipinski definition) is 2. The minimum absolute atomic E-state index is 0. The van der Waals surface area contributed by atoms with Gasteiger partial charge in [-0.05, 0) is 24.3 Å². The molecule has 1 aromatic carbocycles. The van der Waals surface area contributed by atoms with Crippen LogP contribution in [0.3, 0.4) is 0 Å². The third kappa shape index (κ3) is 7.11. The molecule has 0 heterocycles. The zero-order valence-electron chi connectivity index (χ0n) is 7.16. The molecule has 0 spiro atoms. The molecule has 0 fully saturated rings. The summed E-state index contributed by atoms with van der Waals surface area (Å²) in [5.74, 6) is 0.0785. The molecule has 6 N–H and O–H groups in total. The van der Waals surface area contributed by atoms with Gasteiger partial charge in [-0.3, -0.25) is 4.79 Å². The maximum absolute atomic E-state index is 10.5. The average molecular weight is 229 g/mol. The van der Waals surface area contributed by atoms with E-state index in [-0.39, 0.29) is 60.3 Å². The number of carbonyl (C=O) groups excluding carboxylic acids is 1. The van der Waals surface area contributed by atoms with Crippen molar-refractivity contribution in [2.45, 2.75) is 6.92 Å². The van der Waals surface area contributed by atoms with E-state index in [2.05, 4.69) is 5.32 Å². The molecule has 0 saturated carbocycles. The zero-order valence-corrected chi connectivity index (χ0v) is 7.16. The Morgan fingerprint density at radius 2 is 1.64 bits per heavy atom. The summed E-state index contributed by atoms with van der Waals surface area (Å²) < 4.78 is 0. The number of anilines is 1. The Bertz CT molecular complexity index is 263. The Labute approximate surface area is 112 Å². The van der Waals surface area contributed by atoms with Crippen molar-refractivity contribution in [3.63, 3.8) is 0 Å². The van der Waals surface area contributed by atoms with E-state index in [0.29, 0.717) is 5.69 Å². The number of aromatic hydroxyl groups is 1. The Morgan fingerprint density at radius 1 is 1.21 bits per heavy atom. The summed E-state index contributed by atoms with van der Waals surface area (Å²) in [6.45, 7) is 1.44. The van der Waals surface area contributed by atoms with Crippen molar-refractivity contribution in [1.29, 1.82) is 0 Å². The van der Waals surface area contributed by atoms with Crippen molar-refractivity contribution in [2.24, 2.45) is 0 Å². The van der Waals surface area contributed by atoms with Gasteiger partial charge in [0.15, 0.2) is 0 Å². The molecule has 0 bridgehead atoms. The van der Waals surface area contributed by atoms with Crippen LogP contribution in [0.5, 0.6) is 5.75 Å². The van der Waals surface area contributed by atoms with Crippen LogP contribution in [-0.4, -0.2) is 59.7 Å². The van der Waals surface area contributed by atoms with Gasteiger partial charge in [0.05, 0.1) is 0 Å². The van der Waals surface area contributed by atoms with E-state index < -0.39 is 0 Å². The normalized spacial score (nSPS) is 7.21. The van der Waals surface area contributed by atoms with Crippen LogP contribution in [0.1, 0.15) is 6.92 Å². The van der Waals surface area contributed by atoms with Crippen LogP contribution < -0.4 is 5.32 Å². The van der Waals surface area contributed by atoms with E-state index in [0.717, 1.165) is 0 Å². The third-order valence-corrected chi connectivity index (χ3v) is 1.19. The topological polar surface area (TPSA) is 112 Å². The van der Waals surface area contributed by atoms with Crippen molar-refractivity contribution in [3.8, 4) is 5.75 Å². The van der Waals surface area contributed by atoms with Crippen molar-refractivity contribution < 1.29 is 20.9 Å². The van der Waals surface area contributed by atoms with Crippen molar-refractivity contribution >= 4 is 49.3 Å². The first kappa shape index (κ1) is 19.3. The summed E-state index contributed by atoms with van der Waals surface area (Å²) in [7, 11) is 0. The molecular weight excluding hydrogens is 214 g/mol. The van der Waals surface area contributed by atoms with Gasteiger partial charge in [0, 0.05) is 12.6 Å². The second kappa shape index (κ2) is 9.23. The van der Waals surface area contributed by atoms with Crippen molar-refractivity contribution in [3.05, 3.63) is 24.3 Å². The molecule has 5 nitrogen and oxygen atoms in total. The number of phenolic OH excluding ortho intramolecular Hbond substituents is 1. The van der Waals surface area contributed by atoms with Gasteiger partial charge in [-0.15, -0.1) is 0 Å². The third-order valence-electron chi connectivity index (χ3n) is 1.19. The number of amides is 1. The van der Waals surface area contributed by atoms with Crippen LogP contribution in [0.15, 0.2) is 24.3 Å². The zero-order chi connectivity index (χ0) is 8.27.